The molecule has 0 saturated carbocycles. The molecule has 2 atom stereocenters. The number of hydrogen-bond acceptors (Lipinski definition) is 3. The maximum absolute atomic E-state index is 11.0. The van der Waals surface area contributed by atoms with Crippen molar-refractivity contribution in [2.45, 2.75) is 26.1 Å². The minimum Gasteiger partial charge on any atom is -0.368 e. The summed E-state index contributed by atoms with van der Waals surface area (Å²) in [5, 5.41) is 3.04. The monoisotopic (exact) mass is 222 g/mol. The first kappa shape index (κ1) is 12.7. The molecule has 1 aromatic rings. The molecule has 16 heavy (non-hydrogen) atoms. The van der Waals surface area contributed by atoms with Gasteiger partial charge in [0.25, 0.3) is 0 Å². The lowest BCUT2D eigenvalue weighted by Crippen LogP contribution is -2.41. The Morgan fingerprint density at radius 1 is 1.44 bits per heavy atom. The van der Waals surface area contributed by atoms with Crippen LogP contribution in [0.5, 0.6) is 0 Å². The summed E-state index contributed by atoms with van der Waals surface area (Å²) in [7, 11) is 0. The van der Waals surface area contributed by atoms with Crippen LogP contribution in [0.25, 0.3) is 0 Å². The maximum Gasteiger partial charge on any atom is 0.234 e. The second kappa shape index (κ2) is 6.25. The Bertz CT molecular complexity index is 327. The molecule has 0 aromatic heterocycles. The minimum atomic E-state index is -0.420. The average molecular weight is 222 g/mol. The van der Waals surface area contributed by atoms with Crippen LogP contribution in [-0.4, -0.2) is 18.6 Å². The van der Waals surface area contributed by atoms with E-state index in [0.717, 1.165) is 5.56 Å². The quantitative estimate of drug-likeness (QED) is 0.710. The summed E-state index contributed by atoms with van der Waals surface area (Å²) < 4.78 is 5.53. The average Bonchev–Trinajstić information content (AvgIpc) is 2.29. The third kappa shape index (κ3) is 3.64. The summed E-state index contributed by atoms with van der Waals surface area (Å²) in [5.74, 6) is -0.388. The van der Waals surface area contributed by atoms with Crippen molar-refractivity contribution in [3.05, 3.63) is 35.9 Å². The number of nitrogens with one attached hydrogen (secondary N) is 1. The number of hydrogen-bond donors (Lipinski definition) is 2. The summed E-state index contributed by atoms with van der Waals surface area (Å²) in [5.41, 5.74) is 6.19. The fourth-order valence-electron chi connectivity index (χ4n) is 1.34. The lowest BCUT2D eigenvalue weighted by Gasteiger charge is -2.21. The van der Waals surface area contributed by atoms with E-state index in [9.17, 15) is 4.79 Å². The van der Waals surface area contributed by atoms with E-state index in [-0.39, 0.29) is 12.1 Å². The van der Waals surface area contributed by atoms with Crippen LogP contribution in [0.4, 0.5) is 0 Å². The molecule has 0 aliphatic heterocycles. The molecule has 0 heterocycles. The van der Waals surface area contributed by atoms with Crippen molar-refractivity contribution in [3.8, 4) is 0 Å². The van der Waals surface area contributed by atoms with Gasteiger partial charge < -0.3 is 10.5 Å². The standard InChI is InChI=1S/C12H18N2O2/c1-3-16-12(14-9(2)11(13)15)10-7-5-4-6-8-10/h4-9,12,14H,3H2,1-2H3,(H2,13,15). The summed E-state index contributed by atoms with van der Waals surface area (Å²) >= 11 is 0. The molecule has 0 aliphatic carbocycles. The zero-order valence-corrected chi connectivity index (χ0v) is 9.64. The SMILES string of the molecule is CCOC(NC(C)C(N)=O)c1ccccc1. The zero-order chi connectivity index (χ0) is 12.0. The first-order valence-corrected chi connectivity index (χ1v) is 5.37. The Morgan fingerprint density at radius 3 is 2.56 bits per heavy atom. The molecular weight excluding hydrogens is 204 g/mol. The van der Waals surface area contributed by atoms with Gasteiger partial charge in [0.2, 0.25) is 5.91 Å². The number of benzene rings is 1. The normalized spacial score (nSPS) is 14.4. The van der Waals surface area contributed by atoms with Crippen molar-refractivity contribution >= 4 is 5.91 Å². The topological polar surface area (TPSA) is 64.3 Å². The molecule has 1 aromatic carbocycles. The van der Waals surface area contributed by atoms with Crippen LogP contribution in [0.15, 0.2) is 30.3 Å². The van der Waals surface area contributed by atoms with Gasteiger partial charge in [0.15, 0.2) is 0 Å². The van der Waals surface area contributed by atoms with Crippen molar-refractivity contribution in [2.24, 2.45) is 5.73 Å². The molecule has 4 nitrogen and oxygen atoms in total. The van der Waals surface area contributed by atoms with E-state index in [2.05, 4.69) is 5.32 Å². The molecule has 88 valence electrons. The predicted molar refractivity (Wildman–Crippen MR) is 62.6 cm³/mol. The van der Waals surface area contributed by atoms with Crippen molar-refractivity contribution < 1.29 is 9.53 Å². The number of rotatable bonds is 6. The van der Waals surface area contributed by atoms with Gasteiger partial charge in [0, 0.05) is 6.61 Å². The van der Waals surface area contributed by atoms with Gasteiger partial charge in [-0.3, -0.25) is 10.1 Å². The Morgan fingerprint density at radius 2 is 2.06 bits per heavy atom. The van der Waals surface area contributed by atoms with Crippen LogP contribution in [0.1, 0.15) is 25.6 Å². The molecule has 4 heteroatoms. The lowest BCUT2D eigenvalue weighted by molar-refractivity contribution is -0.121. The van der Waals surface area contributed by atoms with E-state index in [4.69, 9.17) is 10.5 Å². The molecule has 3 N–H and O–H groups in total. The van der Waals surface area contributed by atoms with Gasteiger partial charge in [-0.25, -0.2) is 0 Å². The van der Waals surface area contributed by atoms with Crippen LogP contribution < -0.4 is 11.1 Å². The van der Waals surface area contributed by atoms with E-state index in [1.807, 2.05) is 37.3 Å². The Labute approximate surface area is 95.8 Å². The summed E-state index contributed by atoms with van der Waals surface area (Å²) in [6, 6.07) is 9.26. The lowest BCUT2D eigenvalue weighted by atomic mass is 10.2. The summed E-state index contributed by atoms with van der Waals surface area (Å²) in [6.45, 7) is 4.20. The Kier molecular flexibility index (Phi) is 4.95. The fourth-order valence-corrected chi connectivity index (χ4v) is 1.34. The number of carbonyl (C=O) groups is 1. The van der Waals surface area contributed by atoms with Gasteiger partial charge in [0.05, 0.1) is 6.04 Å². The van der Waals surface area contributed by atoms with Gasteiger partial charge in [-0.15, -0.1) is 0 Å². The molecule has 2 unspecified atom stereocenters. The third-order valence-electron chi connectivity index (χ3n) is 2.26. The highest BCUT2D eigenvalue weighted by atomic mass is 16.5. The van der Waals surface area contributed by atoms with Gasteiger partial charge in [-0.05, 0) is 19.4 Å². The van der Waals surface area contributed by atoms with Crippen molar-refractivity contribution in [1.29, 1.82) is 0 Å². The molecule has 0 radical (unpaired) electrons. The van der Waals surface area contributed by atoms with Crippen LogP contribution in [0, 0.1) is 0 Å². The molecule has 1 amide bonds. The number of ether oxygens (including phenoxy) is 1. The summed E-state index contributed by atoms with van der Waals surface area (Å²) in [6.07, 6.45) is -0.298. The van der Waals surface area contributed by atoms with Crippen LogP contribution in [0.2, 0.25) is 0 Å². The Hall–Kier alpha value is -1.39. The molecule has 0 fully saturated rings. The second-order valence-corrected chi connectivity index (χ2v) is 3.54. The molecule has 1 rings (SSSR count). The van der Waals surface area contributed by atoms with E-state index in [1.54, 1.807) is 6.92 Å². The smallest absolute Gasteiger partial charge is 0.234 e. The van der Waals surface area contributed by atoms with E-state index in [0.29, 0.717) is 6.61 Å². The van der Waals surface area contributed by atoms with E-state index in [1.165, 1.54) is 0 Å². The largest absolute Gasteiger partial charge is 0.368 e. The number of amides is 1. The number of primary amides is 1. The number of nitrogens with two attached hydrogens (primary N) is 1. The first-order chi connectivity index (χ1) is 7.65. The fraction of sp³-hybridized carbons (Fsp3) is 0.417. The zero-order valence-electron chi connectivity index (χ0n) is 9.64. The highest BCUT2D eigenvalue weighted by Crippen LogP contribution is 2.14. The van der Waals surface area contributed by atoms with E-state index >= 15 is 0 Å². The highest BCUT2D eigenvalue weighted by molar-refractivity contribution is 5.79. The molecular formula is C12H18N2O2. The minimum absolute atomic E-state index is 0.298. The maximum atomic E-state index is 11.0. The second-order valence-electron chi connectivity index (χ2n) is 3.54. The van der Waals surface area contributed by atoms with Crippen molar-refractivity contribution in [3.63, 3.8) is 0 Å². The highest BCUT2D eigenvalue weighted by Gasteiger charge is 2.16. The molecule has 0 saturated heterocycles. The first-order valence-electron chi connectivity index (χ1n) is 5.37. The third-order valence-corrected chi connectivity index (χ3v) is 2.26. The number of carbonyl (C=O) groups excluding carboxylic acids is 1. The van der Waals surface area contributed by atoms with Gasteiger partial charge >= 0.3 is 0 Å². The summed E-state index contributed by atoms with van der Waals surface area (Å²) in [4.78, 5) is 11.0. The molecule has 0 bridgehead atoms. The molecule has 0 spiro atoms. The van der Waals surface area contributed by atoms with Gasteiger partial charge in [-0.1, -0.05) is 30.3 Å². The van der Waals surface area contributed by atoms with Crippen molar-refractivity contribution in [1.82, 2.24) is 5.32 Å². The van der Waals surface area contributed by atoms with Crippen LogP contribution >= 0.6 is 0 Å². The van der Waals surface area contributed by atoms with Crippen molar-refractivity contribution in [2.75, 3.05) is 6.61 Å². The van der Waals surface area contributed by atoms with Crippen LogP contribution in [-0.2, 0) is 9.53 Å². The predicted octanol–water partition coefficient (Wildman–Crippen LogP) is 1.19. The van der Waals surface area contributed by atoms with Crippen LogP contribution in [0.3, 0.4) is 0 Å². The van der Waals surface area contributed by atoms with E-state index < -0.39 is 6.04 Å². The molecule has 0 aliphatic rings. The van der Waals surface area contributed by atoms with Gasteiger partial charge in [0.1, 0.15) is 6.23 Å². The van der Waals surface area contributed by atoms with Gasteiger partial charge in [-0.2, -0.15) is 0 Å². The Balaban J connectivity index is 2.72.